The third-order valence-electron chi connectivity index (χ3n) is 8.93. The minimum atomic E-state index is -0.856. The highest BCUT2D eigenvalue weighted by Crippen LogP contribution is 2.35. The van der Waals surface area contributed by atoms with Crippen molar-refractivity contribution in [3.63, 3.8) is 0 Å². The average Bonchev–Trinajstić information content (AvgIpc) is 3.73. The van der Waals surface area contributed by atoms with Crippen LogP contribution in [-0.2, 0) is 18.4 Å². The Hall–Kier alpha value is -4.05. The van der Waals surface area contributed by atoms with Gasteiger partial charge >= 0.3 is 0 Å². The summed E-state index contributed by atoms with van der Waals surface area (Å²) in [6.45, 7) is 10.1. The second-order valence-electron chi connectivity index (χ2n) is 14.1. The maximum absolute atomic E-state index is 14.0. The minimum Gasteiger partial charge on any atom is -0.390 e. The van der Waals surface area contributed by atoms with Crippen molar-refractivity contribution in [2.75, 3.05) is 32.1 Å². The zero-order valence-corrected chi connectivity index (χ0v) is 29.8. The molecule has 3 unspecified atom stereocenters. The van der Waals surface area contributed by atoms with E-state index in [9.17, 15) is 14.7 Å². The molecule has 0 aliphatic carbocycles. The molecule has 0 spiro atoms. The summed E-state index contributed by atoms with van der Waals surface area (Å²) in [5.41, 5.74) is 6.01. The molecule has 1 aliphatic heterocycles. The summed E-state index contributed by atoms with van der Waals surface area (Å²) in [5, 5.41) is 20.9. The number of rotatable bonds is 12. The molecule has 0 radical (unpaired) electrons. The molecule has 3 aromatic carbocycles. The number of benzene rings is 3. The number of aromatic nitrogens is 1. The molecule has 254 valence electrons. The lowest BCUT2D eigenvalue weighted by Crippen LogP contribution is -2.48. The number of hydrogen-bond acceptors (Lipinski definition) is 7. The SMILES string of the molecule is Cc1csc(C2CCCN2C(=O)c2cc(C(=O)NC(Cc3ccccc3)C(O)CNCc3cccc(C(C)(C)C)c3)cc(N(C)C)c2)n1. The summed E-state index contributed by atoms with van der Waals surface area (Å²) < 4.78 is 0. The van der Waals surface area contributed by atoms with Crippen molar-refractivity contribution in [2.24, 2.45) is 0 Å². The van der Waals surface area contributed by atoms with E-state index in [0.29, 0.717) is 37.2 Å². The number of thiazole rings is 1. The molecule has 48 heavy (non-hydrogen) atoms. The van der Waals surface area contributed by atoms with Crippen molar-refractivity contribution in [1.82, 2.24) is 20.5 Å². The van der Waals surface area contributed by atoms with Crippen molar-refractivity contribution in [3.05, 3.63) is 117 Å². The number of aliphatic hydroxyl groups excluding tert-OH is 1. The zero-order valence-electron chi connectivity index (χ0n) is 29.0. The Labute approximate surface area is 289 Å². The van der Waals surface area contributed by atoms with Gasteiger partial charge in [-0.25, -0.2) is 4.98 Å². The molecule has 3 N–H and O–H groups in total. The van der Waals surface area contributed by atoms with Gasteiger partial charge in [-0.15, -0.1) is 11.3 Å². The van der Waals surface area contributed by atoms with Gasteiger partial charge in [0.25, 0.3) is 11.8 Å². The third-order valence-corrected chi connectivity index (χ3v) is 10.00. The predicted octanol–water partition coefficient (Wildman–Crippen LogP) is 6.28. The van der Waals surface area contributed by atoms with Crippen LogP contribution in [0.15, 0.2) is 78.2 Å². The number of aryl methyl sites for hydroxylation is 1. The van der Waals surface area contributed by atoms with Crippen LogP contribution in [0.1, 0.15) is 87.8 Å². The van der Waals surface area contributed by atoms with E-state index in [1.54, 1.807) is 23.5 Å². The molecule has 8 nitrogen and oxygen atoms in total. The third kappa shape index (κ3) is 8.89. The Balaban J connectivity index is 1.34. The van der Waals surface area contributed by atoms with Gasteiger partial charge in [0.05, 0.1) is 18.2 Å². The first-order valence-electron chi connectivity index (χ1n) is 16.8. The molecule has 0 saturated carbocycles. The predicted molar refractivity (Wildman–Crippen MR) is 195 cm³/mol. The molecule has 1 saturated heterocycles. The zero-order chi connectivity index (χ0) is 34.4. The fourth-order valence-electron chi connectivity index (χ4n) is 6.14. The first-order chi connectivity index (χ1) is 22.9. The molecular formula is C39H49N5O3S. The van der Waals surface area contributed by atoms with E-state index in [1.165, 1.54) is 5.56 Å². The maximum atomic E-state index is 14.0. The monoisotopic (exact) mass is 667 g/mol. The number of nitrogens with one attached hydrogen (secondary N) is 2. The smallest absolute Gasteiger partial charge is 0.254 e. The highest BCUT2D eigenvalue weighted by Gasteiger charge is 2.33. The van der Waals surface area contributed by atoms with Crippen LogP contribution in [0.5, 0.6) is 0 Å². The van der Waals surface area contributed by atoms with Gasteiger partial charge in [-0.2, -0.15) is 0 Å². The van der Waals surface area contributed by atoms with Crippen LogP contribution in [0.4, 0.5) is 5.69 Å². The second kappa shape index (κ2) is 15.4. The number of carbonyl (C=O) groups is 2. The van der Waals surface area contributed by atoms with Crippen molar-refractivity contribution in [3.8, 4) is 0 Å². The molecule has 4 aromatic rings. The van der Waals surface area contributed by atoms with Crippen molar-refractivity contribution < 1.29 is 14.7 Å². The van der Waals surface area contributed by atoms with Crippen LogP contribution in [0.3, 0.4) is 0 Å². The number of amides is 2. The Morgan fingerprint density at radius 2 is 1.75 bits per heavy atom. The van der Waals surface area contributed by atoms with Crippen LogP contribution >= 0.6 is 11.3 Å². The highest BCUT2D eigenvalue weighted by molar-refractivity contribution is 7.09. The molecule has 1 fully saturated rings. The summed E-state index contributed by atoms with van der Waals surface area (Å²) in [4.78, 5) is 36.4. The number of carbonyl (C=O) groups excluding carboxylic acids is 2. The van der Waals surface area contributed by atoms with E-state index in [2.05, 4.69) is 60.7 Å². The van der Waals surface area contributed by atoms with Gasteiger partial charge in [-0.1, -0.05) is 75.4 Å². The quantitative estimate of drug-likeness (QED) is 0.165. The number of hydrogen-bond donors (Lipinski definition) is 3. The lowest BCUT2D eigenvalue weighted by atomic mass is 9.86. The van der Waals surface area contributed by atoms with E-state index in [0.717, 1.165) is 40.4 Å². The Morgan fingerprint density at radius 3 is 2.44 bits per heavy atom. The molecule has 2 heterocycles. The molecule has 2 amide bonds. The van der Waals surface area contributed by atoms with Crippen molar-refractivity contribution in [1.29, 1.82) is 0 Å². The molecule has 0 bridgehead atoms. The van der Waals surface area contributed by atoms with Gasteiger partial charge in [0.2, 0.25) is 0 Å². The summed E-state index contributed by atoms with van der Waals surface area (Å²) >= 11 is 1.59. The maximum Gasteiger partial charge on any atom is 0.254 e. The molecule has 1 aliphatic rings. The lowest BCUT2D eigenvalue weighted by molar-refractivity contribution is 0.0735. The summed E-state index contributed by atoms with van der Waals surface area (Å²) in [6.07, 6.45) is 1.38. The number of anilines is 1. The normalized spacial score (nSPS) is 16.1. The van der Waals surface area contributed by atoms with Gasteiger partial charge in [-0.05, 0) is 66.5 Å². The van der Waals surface area contributed by atoms with E-state index in [4.69, 9.17) is 0 Å². The largest absolute Gasteiger partial charge is 0.390 e. The number of aliphatic hydroxyl groups is 1. The second-order valence-corrected chi connectivity index (χ2v) is 15.0. The Bertz CT molecular complexity index is 1700. The first-order valence-corrected chi connectivity index (χ1v) is 17.7. The van der Waals surface area contributed by atoms with Crippen LogP contribution in [0, 0.1) is 6.92 Å². The molecule has 3 atom stereocenters. The minimum absolute atomic E-state index is 0.0472. The molecule has 1 aromatic heterocycles. The van der Waals surface area contributed by atoms with Crippen molar-refractivity contribution >= 4 is 28.8 Å². The summed E-state index contributed by atoms with van der Waals surface area (Å²) in [7, 11) is 3.79. The molecule has 5 rings (SSSR count). The van der Waals surface area contributed by atoms with Gasteiger partial charge < -0.3 is 25.5 Å². The van der Waals surface area contributed by atoms with Crippen molar-refractivity contribution in [2.45, 2.75) is 77.1 Å². The highest BCUT2D eigenvalue weighted by atomic mass is 32.1. The topological polar surface area (TPSA) is 97.8 Å². The molecular weight excluding hydrogens is 619 g/mol. The number of likely N-dealkylation sites (tertiary alicyclic amines) is 1. The van der Waals surface area contributed by atoms with Crippen LogP contribution in [0.25, 0.3) is 0 Å². The van der Waals surface area contributed by atoms with Crippen LogP contribution < -0.4 is 15.5 Å². The van der Waals surface area contributed by atoms with Gasteiger partial charge in [-0.3, -0.25) is 9.59 Å². The Morgan fingerprint density at radius 1 is 1.02 bits per heavy atom. The fraction of sp³-hybridized carbons (Fsp3) is 0.410. The fourth-order valence-corrected chi connectivity index (χ4v) is 7.08. The summed E-state index contributed by atoms with van der Waals surface area (Å²) in [6, 6.07) is 23.0. The van der Waals surface area contributed by atoms with Crippen LogP contribution in [0.2, 0.25) is 0 Å². The van der Waals surface area contributed by atoms with E-state index < -0.39 is 12.1 Å². The van der Waals surface area contributed by atoms with Gasteiger partial charge in [0.1, 0.15) is 5.01 Å². The molecule has 9 heteroatoms. The first kappa shape index (κ1) is 35.3. The van der Waals surface area contributed by atoms with E-state index >= 15 is 0 Å². The van der Waals surface area contributed by atoms with Gasteiger partial charge in [0, 0.05) is 61.6 Å². The van der Waals surface area contributed by atoms with Crippen LogP contribution in [-0.4, -0.2) is 66.1 Å². The van der Waals surface area contributed by atoms with Gasteiger partial charge in [0.15, 0.2) is 0 Å². The summed E-state index contributed by atoms with van der Waals surface area (Å²) in [5.74, 6) is -0.442. The number of nitrogens with zero attached hydrogens (tertiary/aromatic N) is 3. The lowest BCUT2D eigenvalue weighted by Gasteiger charge is -2.26. The average molecular weight is 668 g/mol. The van der Waals surface area contributed by atoms with E-state index in [1.807, 2.05) is 72.6 Å². The van der Waals surface area contributed by atoms with E-state index in [-0.39, 0.29) is 23.3 Å². The Kier molecular flexibility index (Phi) is 11.3. The standard InChI is InChI=1S/C39H49N5O3S/c1-26-25-48-37(41-26)34-16-11-17-44(34)38(47)30-20-29(21-32(22-30)43(5)6)36(46)42-33(19-27-12-8-7-9-13-27)35(45)24-40-23-28-14-10-15-31(18-28)39(2,3)4/h7-10,12-15,18,20-22,25,33-35,40,45H,11,16-17,19,23-24H2,1-6H3,(H,42,46).